The van der Waals surface area contributed by atoms with Crippen LogP contribution < -0.4 is 0 Å². The van der Waals surface area contributed by atoms with Gasteiger partial charge in [-0.3, -0.25) is 0 Å². The van der Waals surface area contributed by atoms with Gasteiger partial charge in [-0.15, -0.1) is 0 Å². The Hall–Kier alpha value is -2.09. The standard InChI is InChI=1S/C12H16O2.C6H6/c1-2-3-7-10-14-12(13)11-8-5-4-6-9-11;1-2-4-6-5-3-1/h4-6,8-9H,2-3,7,10H2,1H3;1-6H. The zero-order valence-corrected chi connectivity index (χ0v) is 12.0. The van der Waals surface area contributed by atoms with E-state index in [-0.39, 0.29) is 5.97 Å². The highest BCUT2D eigenvalue weighted by molar-refractivity contribution is 5.89. The minimum Gasteiger partial charge on any atom is -0.462 e. The van der Waals surface area contributed by atoms with Crippen LogP contribution in [0.1, 0.15) is 36.5 Å². The zero-order valence-electron chi connectivity index (χ0n) is 12.0. The fourth-order valence-corrected chi connectivity index (χ4v) is 1.56. The van der Waals surface area contributed by atoms with Crippen LogP contribution in [0.4, 0.5) is 0 Å². The Bertz CT molecular complexity index is 425. The van der Waals surface area contributed by atoms with Crippen LogP contribution in [0.3, 0.4) is 0 Å². The number of benzene rings is 2. The van der Waals surface area contributed by atoms with Gasteiger partial charge in [-0.05, 0) is 18.6 Å². The monoisotopic (exact) mass is 270 g/mol. The molecule has 0 unspecified atom stereocenters. The highest BCUT2D eigenvalue weighted by Gasteiger charge is 2.04. The Kier molecular flexibility index (Phi) is 8.62. The molecule has 0 bridgehead atoms. The summed E-state index contributed by atoms with van der Waals surface area (Å²) in [7, 11) is 0. The minimum atomic E-state index is -0.221. The number of unbranched alkanes of at least 4 members (excludes halogenated alkanes) is 2. The van der Waals surface area contributed by atoms with Crippen molar-refractivity contribution in [3.8, 4) is 0 Å². The number of rotatable bonds is 5. The van der Waals surface area contributed by atoms with Crippen molar-refractivity contribution in [1.82, 2.24) is 0 Å². The van der Waals surface area contributed by atoms with Gasteiger partial charge < -0.3 is 4.74 Å². The third kappa shape index (κ3) is 7.37. The number of carbonyl (C=O) groups is 1. The molecule has 0 aliphatic rings. The molecule has 2 nitrogen and oxygen atoms in total. The predicted molar refractivity (Wildman–Crippen MR) is 82.7 cm³/mol. The number of esters is 1. The van der Waals surface area contributed by atoms with E-state index in [4.69, 9.17) is 4.74 Å². The van der Waals surface area contributed by atoms with Crippen molar-refractivity contribution in [3.05, 3.63) is 72.3 Å². The SMILES string of the molecule is CCCCCOC(=O)c1ccccc1.c1ccccc1. The lowest BCUT2D eigenvalue weighted by Crippen LogP contribution is -2.05. The van der Waals surface area contributed by atoms with Crippen LogP contribution >= 0.6 is 0 Å². The van der Waals surface area contributed by atoms with Gasteiger partial charge in [0.2, 0.25) is 0 Å². The number of ether oxygens (including phenoxy) is 1. The summed E-state index contributed by atoms with van der Waals surface area (Å²) >= 11 is 0. The van der Waals surface area contributed by atoms with E-state index in [0.717, 1.165) is 19.3 Å². The molecule has 2 aromatic rings. The van der Waals surface area contributed by atoms with Gasteiger partial charge in [0, 0.05) is 0 Å². The summed E-state index contributed by atoms with van der Waals surface area (Å²) in [6.07, 6.45) is 3.21. The van der Waals surface area contributed by atoms with Crippen molar-refractivity contribution in [2.75, 3.05) is 6.61 Å². The van der Waals surface area contributed by atoms with Crippen LogP contribution in [0.5, 0.6) is 0 Å². The maximum atomic E-state index is 11.4. The van der Waals surface area contributed by atoms with E-state index in [2.05, 4.69) is 6.92 Å². The van der Waals surface area contributed by atoms with E-state index < -0.39 is 0 Å². The van der Waals surface area contributed by atoms with Gasteiger partial charge in [0.25, 0.3) is 0 Å². The topological polar surface area (TPSA) is 26.3 Å². The lowest BCUT2D eigenvalue weighted by atomic mass is 10.2. The van der Waals surface area contributed by atoms with E-state index in [1.807, 2.05) is 54.6 Å². The molecule has 0 heterocycles. The molecule has 0 N–H and O–H groups in total. The lowest BCUT2D eigenvalue weighted by Gasteiger charge is -2.03. The van der Waals surface area contributed by atoms with Gasteiger partial charge in [-0.1, -0.05) is 74.4 Å². The summed E-state index contributed by atoms with van der Waals surface area (Å²) in [4.78, 5) is 11.4. The van der Waals surface area contributed by atoms with Crippen molar-refractivity contribution in [3.63, 3.8) is 0 Å². The molecule has 0 radical (unpaired) electrons. The highest BCUT2D eigenvalue weighted by Crippen LogP contribution is 2.02. The molecular formula is C18H22O2. The van der Waals surface area contributed by atoms with Gasteiger partial charge in [-0.25, -0.2) is 4.79 Å². The van der Waals surface area contributed by atoms with Crippen LogP contribution in [-0.2, 0) is 4.74 Å². The second-order valence-corrected chi connectivity index (χ2v) is 4.36. The molecule has 0 saturated heterocycles. The van der Waals surface area contributed by atoms with Crippen molar-refractivity contribution in [1.29, 1.82) is 0 Å². The molecule has 2 rings (SSSR count). The molecule has 106 valence electrons. The fourth-order valence-electron chi connectivity index (χ4n) is 1.56. The molecule has 0 aromatic heterocycles. The summed E-state index contributed by atoms with van der Waals surface area (Å²) < 4.78 is 5.09. The van der Waals surface area contributed by atoms with Gasteiger partial charge in [0.1, 0.15) is 0 Å². The second-order valence-electron chi connectivity index (χ2n) is 4.36. The molecule has 2 aromatic carbocycles. The maximum Gasteiger partial charge on any atom is 0.338 e. The molecule has 0 aliphatic carbocycles. The smallest absolute Gasteiger partial charge is 0.338 e. The summed E-state index contributed by atoms with van der Waals surface area (Å²) in [6, 6.07) is 21.1. The van der Waals surface area contributed by atoms with Gasteiger partial charge in [0.15, 0.2) is 0 Å². The predicted octanol–water partition coefficient (Wildman–Crippen LogP) is 4.72. The third-order valence-corrected chi connectivity index (χ3v) is 2.66. The molecule has 2 heteroatoms. The summed E-state index contributed by atoms with van der Waals surface area (Å²) in [5, 5.41) is 0. The van der Waals surface area contributed by atoms with Crippen LogP contribution in [0.15, 0.2) is 66.7 Å². The van der Waals surface area contributed by atoms with Crippen LogP contribution in [0, 0.1) is 0 Å². The quantitative estimate of drug-likeness (QED) is 0.580. The van der Waals surface area contributed by atoms with Gasteiger partial charge in [-0.2, -0.15) is 0 Å². The average molecular weight is 270 g/mol. The second kappa shape index (κ2) is 10.8. The first-order chi connectivity index (χ1) is 9.84. The van der Waals surface area contributed by atoms with Gasteiger partial charge in [0.05, 0.1) is 12.2 Å². The summed E-state index contributed by atoms with van der Waals surface area (Å²) in [6.45, 7) is 2.65. The summed E-state index contributed by atoms with van der Waals surface area (Å²) in [5.41, 5.74) is 0.629. The first-order valence-electron chi connectivity index (χ1n) is 7.06. The van der Waals surface area contributed by atoms with Crippen molar-refractivity contribution in [2.24, 2.45) is 0 Å². The lowest BCUT2D eigenvalue weighted by molar-refractivity contribution is 0.0498. The van der Waals surface area contributed by atoms with E-state index in [1.54, 1.807) is 12.1 Å². The van der Waals surface area contributed by atoms with E-state index in [9.17, 15) is 4.79 Å². The molecule has 0 spiro atoms. The Morgan fingerprint density at radius 2 is 1.35 bits per heavy atom. The zero-order chi connectivity index (χ0) is 14.5. The van der Waals surface area contributed by atoms with Crippen molar-refractivity contribution < 1.29 is 9.53 Å². The Labute approximate surface area is 121 Å². The van der Waals surface area contributed by atoms with Crippen molar-refractivity contribution >= 4 is 5.97 Å². The van der Waals surface area contributed by atoms with Crippen molar-refractivity contribution in [2.45, 2.75) is 26.2 Å². The Balaban J connectivity index is 0.000000276. The Morgan fingerprint density at radius 1 is 0.850 bits per heavy atom. The van der Waals surface area contributed by atoms with Crippen LogP contribution in [0.2, 0.25) is 0 Å². The van der Waals surface area contributed by atoms with E-state index >= 15 is 0 Å². The largest absolute Gasteiger partial charge is 0.462 e. The van der Waals surface area contributed by atoms with Crippen LogP contribution in [0.25, 0.3) is 0 Å². The summed E-state index contributed by atoms with van der Waals surface area (Å²) in [5.74, 6) is -0.221. The normalized spacial score (nSPS) is 9.25. The first-order valence-corrected chi connectivity index (χ1v) is 7.06. The highest BCUT2D eigenvalue weighted by atomic mass is 16.5. The molecule has 0 atom stereocenters. The molecule has 0 aliphatic heterocycles. The molecule has 0 amide bonds. The van der Waals surface area contributed by atoms with E-state index in [1.165, 1.54) is 0 Å². The first kappa shape index (κ1) is 16.0. The number of carbonyl (C=O) groups excluding carboxylic acids is 1. The van der Waals surface area contributed by atoms with Gasteiger partial charge >= 0.3 is 5.97 Å². The Morgan fingerprint density at radius 3 is 1.85 bits per heavy atom. The third-order valence-electron chi connectivity index (χ3n) is 2.66. The molecule has 0 fully saturated rings. The molecule has 0 saturated carbocycles. The minimum absolute atomic E-state index is 0.221. The molecule has 20 heavy (non-hydrogen) atoms. The average Bonchev–Trinajstić information content (AvgIpc) is 2.54. The van der Waals surface area contributed by atoms with Crippen LogP contribution in [-0.4, -0.2) is 12.6 Å². The molecular weight excluding hydrogens is 248 g/mol. The number of hydrogen-bond acceptors (Lipinski definition) is 2. The van der Waals surface area contributed by atoms with E-state index in [0.29, 0.717) is 12.2 Å². The maximum absolute atomic E-state index is 11.4. The number of hydrogen-bond donors (Lipinski definition) is 0. The fraction of sp³-hybridized carbons (Fsp3) is 0.278.